The molecule has 2 amide bonds. The summed E-state index contributed by atoms with van der Waals surface area (Å²) in [6.45, 7) is 4.68. The summed E-state index contributed by atoms with van der Waals surface area (Å²) in [5.74, 6) is -0.0320. The maximum Gasteiger partial charge on any atom is 0.245 e. The van der Waals surface area contributed by atoms with Gasteiger partial charge in [0.2, 0.25) is 11.8 Å². The average Bonchev–Trinajstić information content (AvgIpc) is 2.74. The first-order valence-electron chi connectivity index (χ1n) is 6.77. The zero-order chi connectivity index (χ0) is 14.3. The van der Waals surface area contributed by atoms with Crippen LogP contribution in [0.15, 0.2) is 18.2 Å². The molecule has 1 saturated heterocycles. The minimum atomic E-state index is -0.561. The van der Waals surface area contributed by atoms with Crippen molar-refractivity contribution in [2.24, 2.45) is 5.73 Å². The topological polar surface area (TPSA) is 78.7 Å². The number of hydrogen-bond donors (Lipinski definition) is 2. The predicted molar refractivity (Wildman–Crippen MR) is 76.5 cm³/mol. The van der Waals surface area contributed by atoms with Crippen LogP contribution in [0.5, 0.6) is 0 Å². The monoisotopic (exact) mass is 274 g/mol. The zero-order valence-corrected chi connectivity index (χ0v) is 11.4. The van der Waals surface area contributed by atoms with Crippen molar-refractivity contribution in [2.45, 2.75) is 13.0 Å². The molecular formula is C14H18N4O2. The molecule has 0 spiro atoms. The second-order valence-electron chi connectivity index (χ2n) is 5.23. The van der Waals surface area contributed by atoms with Gasteiger partial charge in [-0.1, -0.05) is 6.07 Å². The van der Waals surface area contributed by atoms with Crippen molar-refractivity contribution < 1.29 is 9.59 Å². The highest BCUT2D eigenvalue weighted by Gasteiger charge is 2.28. The van der Waals surface area contributed by atoms with Gasteiger partial charge in [-0.15, -0.1) is 0 Å². The summed E-state index contributed by atoms with van der Waals surface area (Å²) in [7, 11) is 0. The van der Waals surface area contributed by atoms with Crippen molar-refractivity contribution in [1.82, 2.24) is 4.90 Å². The second-order valence-corrected chi connectivity index (χ2v) is 5.23. The SMILES string of the molecule is CC(=O)N1CCN(c2ccc3c(c2)NC(=O)C3N)CC1. The fourth-order valence-electron chi connectivity index (χ4n) is 2.75. The standard InChI is InChI=1S/C14H18N4O2/c1-9(19)17-4-6-18(7-5-17)10-2-3-11-12(8-10)16-14(20)13(11)15/h2-3,8,13H,4-7,15H2,1H3,(H,16,20). The van der Waals surface area contributed by atoms with Gasteiger partial charge in [-0.05, 0) is 12.1 Å². The van der Waals surface area contributed by atoms with Crippen LogP contribution >= 0.6 is 0 Å². The van der Waals surface area contributed by atoms with Crippen molar-refractivity contribution in [1.29, 1.82) is 0 Å². The van der Waals surface area contributed by atoms with Gasteiger partial charge < -0.3 is 20.9 Å². The Morgan fingerprint density at radius 3 is 2.65 bits per heavy atom. The second kappa shape index (κ2) is 4.79. The molecule has 0 saturated carbocycles. The smallest absolute Gasteiger partial charge is 0.245 e. The van der Waals surface area contributed by atoms with Crippen LogP contribution in [-0.2, 0) is 9.59 Å². The Morgan fingerprint density at radius 1 is 1.30 bits per heavy atom. The fourth-order valence-corrected chi connectivity index (χ4v) is 2.75. The number of amides is 2. The van der Waals surface area contributed by atoms with E-state index in [0.717, 1.165) is 43.1 Å². The molecule has 1 fully saturated rings. The Hall–Kier alpha value is -2.08. The van der Waals surface area contributed by atoms with Gasteiger partial charge in [0.1, 0.15) is 6.04 Å². The maximum atomic E-state index is 11.5. The lowest BCUT2D eigenvalue weighted by Crippen LogP contribution is -2.48. The number of rotatable bonds is 1. The number of piperazine rings is 1. The average molecular weight is 274 g/mol. The fraction of sp³-hybridized carbons (Fsp3) is 0.429. The highest BCUT2D eigenvalue weighted by Crippen LogP contribution is 2.33. The molecular weight excluding hydrogens is 256 g/mol. The van der Waals surface area contributed by atoms with Gasteiger partial charge in [0.15, 0.2) is 0 Å². The molecule has 0 bridgehead atoms. The normalized spacial score (nSPS) is 21.7. The molecule has 1 unspecified atom stereocenters. The van der Waals surface area contributed by atoms with Crippen LogP contribution in [0.1, 0.15) is 18.5 Å². The Labute approximate surface area is 117 Å². The quantitative estimate of drug-likeness (QED) is 0.772. The van der Waals surface area contributed by atoms with E-state index in [2.05, 4.69) is 10.2 Å². The van der Waals surface area contributed by atoms with Crippen LogP contribution in [0.2, 0.25) is 0 Å². The Kier molecular flexibility index (Phi) is 3.10. The van der Waals surface area contributed by atoms with Gasteiger partial charge >= 0.3 is 0 Å². The van der Waals surface area contributed by atoms with Crippen LogP contribution in [0.4, 0.5) is 11.4 Å². The van der Waals surface area contributed by atoms with Gasteiger partial charge in [0.25, 0.3) is 0 Å². The summed E-state index contributed by atoms with van der Waals surface area (Å²) in [6, 6.07) is 5.30. The van der Waals surface area contributed by atoms with Gasteiger partial charge in [-0.2, -0.15) is 0 Å². The third-order valence-corrected chi connectivity index (χ3v) is 4.00. The van der Waals surface area contributed by atoms with Crippen LogP contribution in [0, 0.1) is 0 Å². The molecule has 20 heavy (non-hydrogen) atoms. The molecule has 6 nitrogen and oxygen atoms in total. The lowest BCUT2D eigenvalue weighted by Gasteiger charge is -2.35. The molecule has 3 N–H and O–H groups in total. The molecule has 2 aliphatic rings. The lowest BCUT2D eigenvalue weighted by atomic mass is 10.1. The Bertz CT molecular complexity index is 564. The largest absolute Gasteiger partial charge is 0.368 e. The van der Waals surface area contributed by atoms with E-state index in [-0.39, 0.29) is 11.8 Å². The van der Waals surface area contributed by atoms with E-state index in [9.17, 15) is 9.59 Å². The highest BCUT2D eigenvalue weighted by molar-refractivity contribution is 6.03. The number of anilines is 2. The molecule has 1 aromatic carbocycles. The summed E-state index contributed by atoms with van der Waals surface area (Å²) in [5.41, 5.74) is 8.51. The summed E-state index contributed by atoms with van der Waals surface area (Å²) >= 11 is 0. The summed E-state index contributed by atoms with van der Waals surface area (Å²) in [4.78, 5) is 26.9. The molecule has 0 aromatic heterocycles. The molecule has 2 aliphatic heterocycles. The summed E-state index contributed by atoms with van der Waals surface area (Å²) in [6.07, 6.45) is 0. The predicted octanol–water partition coefficient (Wildman–Crippen LogP) is 0.307. The Morgan fingerprint density at radius 2 is 2.00 bits per heavy atom. The van der Waals surface area contributed by atoms with Gasteiger partial charge in [-0.3, -0.25) is 9.59 Å². The van der Waals surface area contributed by atoms with Crippen molar-refractivity contribution in [3.8, 4) is 0 Å². The van der Waals surface area contributed by atoms with Gasteiger partial charge in [-0.25, -0.2) is 0 Å². The van der Waals surface area contributed by atoms with Crippen LogP contribution in [-0.4, -0.2) is 42.9 Å². The summed E-state index contributed by atoms with van der Waals surface area (Å²) < 4.78 is 0. The van der Waals surface area contributed by atoms with Gasteiger partial charge in [0.05, 0.1) is 0 Å². The number of carbonyl (C=O) groups excluding carboxylic acids is 2. The zero-order valence-electron chi connectivity index (χ0n) is 11.4. The molecule has 6 heteroatoms. The number of nitrogens with two attached hydrogens (primary N) is 1. The molecule has 1 atom stereocenters. The van der Waals surface area contributed by atoms with E-state index in [1.165, 1.54) is 0 Å². The summed E-state index contributed by atoms with van der Waals surface area (Å²) in [5, 5.41) is 2.80. The number of fused-ring (bicyclic) bond motifs is 1. The minimum Gasteiger partial charge on any atom is -0.368 e. The number of hydrogen-bond acceptors (Lipinski definition) is 4. The van der Waals surface area contributed by atoms with E-state index in [0.29, 0.717) is 0 Å². The van der Waals surface area contributed by atoms with Crippen molar-refractivity contribution in [2.75, 3.05) is 36.4 Å². The molecule has 2 heterocycles. The van der Waals surface area contributed by atoms with Crippen molar-refractivity contribution >= 4 is 23.2 Å². The first-order chi connectivity index (χ1) is 9.56. The first-order valence-corrected chi connectivity index (χ1v) is 6.77. The van der Waals surface area contributed by atoms with Gasteiger partial charge in [0, 0.05) is 50.0 Å². The van der Waals surface area contributed by atoms with E-state index in [4.69, 9.17) is 5.73 Å². The van der Waals surface area contributed by atoms with Crippen molar-refractivity contribution in [3.05, 3.63) is 23.8 Å². The lowest BCUT2D eigenvalue weighted by molar-refractivity contribution is -0.129. The van der Waals surface area contributed by atoms with E-state index >= 15 is 0 Å². The van der Waals surface area contributed by atoms with E-state index < -0.39 is 6.04 Å². The highest BCUT2D eigenvalue weighted by atomic mass is 16.2. The number of benzene rings is 1. The van der Waals surface area contributed by atoms with Crippen molar-refractivity contribution in [3.63, 3.8) is 0 Å². The van der Waals surface area contributed by atoms with Crippen LogP contribution in [0.25, 0.3) is 0 Å². The Balaban J connectivity index is 1.75. The third kappa shape index (κ3) is 2.12. The maximum absolute atomic E-state index is 11.5. The number of nitrogens with zero attached hydrogens (tertiary/aromatic N) is 2. The number of carbonyl (C=O) groups is 2. The molecule has 3 rings (SSSR count). The third-order valence-electron chi connectivity index (χ3n) is 4.00. The van der Waals surface area contributed by atoms with Crippen LogP contribution < -0.4 is 16.0 Å². The molecule has 0 radical (unpaired) electrons. The number of nitrogens with one attached hydrogen (secondary N) is 1. The first kappa shape index (κ1) is 12.9. The van der Waals surface area contributed by atoms with E-state index in [1.807, 2.05) is 23.1 Å². The molecule has 106 valence electrons. The molecule has 1 aromatic rings. The minimum absolute atomic E-state index is 0.122. The van der Waals surface area contributed by atoms with Crippen LogP contribution in [0.3, 0.4) is 0 Å². The van der Waals surface area contributed by atoms with E-state index in [1.54, 1.807) is 6.92 Å². The molecule has 0 aliphatic carbocycles.